The van der Waals surface area contributed by atoms with E-state index >= 15 is 0 Å². The van der Waals surface area contributed by atoms with Gasteiger partial charge in [0.25, 0.3) is 0 Å². The molecular formula is C21H25N3O2. The lowest BCUT2D eigenvalue weighted by Gasteiger charge is -2.14. The van der Waals surface area contributed by atoms with Gasteiger partial charge in [-0.1, -0.05) is 61.5 Å². The molecule has 0 fully saturated rings. The highest BCUT2D eigenvalue weighted by Gasteiger charge is 2.11. The lowest BCUT2D eigenvalue weighted by Crippen LogP contribution is -2.24. The van der Waals surface area contributed by atoms with Crippen molar-refractivity contribution in [1.29, 1.82) is 0 Å². The Morgan fingerprint density at radius 3 is 2.46 bits per heavy atom. The Bertz CT molecular complexity index is 798. The Balaban J connectivity index is 1.51. The lowest BCUT2D eigenvalue weighted by atomic mass is 10.0. The van der Waals surface area contributed by atoms with Crippen LogP contribution in [0.2, 0.25) is 0 Å². The summed E-state index contributed by atoms with van der Waals surface area (Å²) in [5.41, 5.74) is 2.27. The number of hydrogen-bond acceptors (Lipinski definition) is 5. The van der Waals surface area contributed by atoms with E-state index in [1.165, 1.54) is 5.56 Å². The van der Waals surface area contributed by atoms with Gasteiger partial charge in [0.15, 0.2) is 0 Å². The zero-order valence-corrected chi connectivity index (χ0v) is 15.6. The summed E-state index contributed by atoms with van der Waals surface area (Å²) in [5.74, 6) is 2.63. The Labute approximate surface area is 154 Å². The van der Waals surface area contributed by atoms with Crippen molar-refractivity contribution in [3.8, 4) is 17.1 Å². The average Bonchev–Trinajstić information content (AvgIpc) is 3.11. The van der Waals surface area contributed by atoms with Crippen LogP contribution in [0.1, 0.15) is 31.2 Å². The summed E-state index contributed by atoms with van der Waals surface area (Å²) in [4.78, 5) is 6.60. The SMILES string of the molecule is CC(C)c1ccc(-c2noc(CN(C)CCOc3ccccc3)n2)cc1. The van der Waals surface area contributed by atoms with Crippen LogP contribution in [-0.4, -0.2) is 35.2 Å². The number of likely N-dealkylation sites (N-methyl/N-ethyl adjacent to an activating group) is 1. The average molecular weight is 351 g/mol. The van der Waals surface area contributed by atoms with E-state index in [0.717, 1.165) is 17.9 Å². The number of para-hydroxylation sites is 1. The van der Waals surface area contributed by atoms with Crippen LogP contribution in [0.3, 0.4) is 0 Å². The lowest BCUT2D eigenvalue weighted by molar-refractivity contribution is 0.213. The quantitative estimate of drug-likeness (QED) is 0.603. The molecule has 0 atom stereocenters. The van der Waals surface area contributed by atoms with Crippen molar-refractivity contribution in [2.24, 2.45) is 0 Å². The van der Waals surface area contributed by atoms with Crippen LogP contribution in [0.25, 0.3) is 11.4 Å². The van der Waals surface area contributed by atoms with Crippen LogP contribution < -0.4 is 4.74 Å². The van der Waals surface area contributed by atoms with Crippen molar-refractivity contribution in [1.82, 2.24) is 15.0 Å². The molecule has 5 heteroatoms. The van der Waals surface area contributed by atoms with Crippen molar-refractivity contribution in [2.45, 2.75) is 26.3 Å². The van der Waals surface area contributed by atoms with Gasteiger partial charge >= 0.3 is 0 Å². The van der Waals surface area contributed by atoms with Gasteiger partial charge in [0.05, 0.1) is 6.54 Å². The largest absolute Gasteiger partial charge is 0.492 e. The van der Waals surface area contributed by atoms with Crippen molar-refractivity contribution < 1.29 is 9.26 Å². The minimum atomic E-state index is 0.511. The Hall–Kier alpha value is -2.66. The summed E-state index contributed by atoms with van der Waals surface area (Å²) in [7, 11) is 2.01. The third-order valence-electron chi connectivity index (χ3n) is 4.19. The van der Waals surface area contributed by atoms with Gasteiger partial charge < -0.3 is 9.26 Å². The fourth-order valence-electron chi connectivity index (χ4n) is 2.60. The van der Waals surface area contributed by atoms with Crippen LogP contribution in [-0.2, 0) is 6.54 Å². The zero-order chi connectivity index (χ0) is 18.4. The van der Waals surface area contributed by atoms with Crippen molar-refractivity contribution in [3.05, 3.63) is 66.1 Å². The first-order chi connectivity index (χ1) is 12.6. The fourth-order valence-corrected chi connectivity index (χ4v) is 2.60. The fraction of sp³-hybridized carbons (Fsp3) is 0.333. The minimum Gasteiger partial charge on any atom is -0.492 e. The normalized spacial score (nSPS) is 11.3. The summed E-state index contributed by atoms with van der Waals surface area (Å²) >= 11 is 0. The summed E-state index contributed by atoms with van der Waals surface area (Å²) < 4.78 is 11.1. The molecular weight excluding hydrogens is 326 g/mol. The van der Waals surface area contributed by atoms with Gasteiger partial charge in [-0.25, -0.2) is 0 Å². The molecule has 0 amide bonds. The molecule has 136 valence electrons. The molecule has 3 aromatic rings. The van der Waals surface area contributed by atoms with Crippen LogP contribution in [0, 0.1) is 0 Å². The van der Waals surface area contributed by atoms with Gasteiger partial charge in [-0.3, -0.25) is 4.90 Å². The molecule has 0 aliphatic carbocycles. The molecule has 0 N–H and O–H groups in total. The van der Waals surface area contributed by atoms with E-state index in [2.05, 4.69) is 41.0 Å². The maximum atomic E-state index is 5.71. The number of rotatable bonds is 8. The number of nitrogens with zero attached hydrogens (tertiary/aromatic N) is 3. The molecule has 0 radical (unpaired) electrons. The summed E-state index contributed by atoms with van der Waals surface area (Å²) in [6, 6.07) is 18.1. The van der Waals surface area contributed by atoms with E-state index in [1.54, 1.807) is 0 Å². The molecule has 26 heavy (non-hydrogen) atoms. The summed E-state index contributed by atoms with van der Waals surface area (Å²) in [6.45, 7) is 6.33. The van der Waals surface area contributed by atoms with Gasteiger partial charge in [-0.05, 0) is 30.7 Å². The van der Waals surface area contributed by atoms with E-state index in [-0.39, 0.29) is 0 Å². The Morgan fingerprint density at radius 1 is 1.04 bits per heavy atom. The molecule has 0 saturated heterocycles. The monoisotopic (exact) mass is 351 g/mol. The molecule has 1 aromatic heterocycles. The van der Waals surface area contributed by atoms with Crippen LogP contribution in [0.5, 0.6) is 5.75 Å². The highest BCUT2D eigenvalue weighted by Crippen LogP contribution is 2.20. The Morgan fingerprint density at radius 2 is 1.77 bits per heavy atom. The van der Waals surface area contributed by atoms with Crippen LogP contribution >= 0.6 is 0 Å². The van der Waals surface area contributed by atoms with Gasteiger partial charge in [0.1, 0.15) is 12.4 Å². The number of benzene rings is 2. The predicted molar refractivity (Wildman–Crippen MR) is 102 cm³/mol. The molecule has 0 bridgehead atoms. The second-order valence-electron chi connectivity index (χ2n) is 6.69. The first-order valence-corrected chi connectivity index (χ1v) is 8.91. The first kappa shape index (κ1) is 18.1. The van der Waals surface area contributed by atoms with Gasteiger partial charge in [-0.15, -0.1) is 0 Å². The third kappa shape index (κ3) is 4.92. The molecule has 3 rings (SSSR count). The zero-order valence-electron chi connectivity index (χ0n) is 15.6. The minimum absolute atomic E-state index is 0.511. The topological polar surface area (TPSA) is 51.4 Å². The number of ether oxygens (including phenoxy) is 1. The van der Waals surface area contributed by atoms with Gasteiger partial charge in [-0.2, -0.15) is 4.98 Å². The maximum absolute atomic E-state index is 5.71. The maximum Gasteiger partial charge on any atom is 0.241 e. The Kier molecular flexibility index (Phi) is 6.02. The molecule has 0 aliphatic heterocycles. The van der Waals surface area contributed by atoms with Crippen molar-refractivity contribution in [3.63, 3.8) is 0 Å². The van der Waals surface area contributed by atoms with E-state index in [4.69, 9.17) is 9.26 Å². The van der Waals surface area contributed by atoms with E-state index in [1.807, 2.05) is 49.5 Å². The molecule has 2 aromatic carbocycles. The third-order valence-corrected chi connectivity index (χ3v) is 4.19. The first-order valence-electron chi connectivity index (χ1n) is 8.91. The van der Waals surface area contributed by atoms with E-state index in [0.29, 0.717) is 30.8 Å². The van der Waals surface area contributed by atoms with Crippen molar-refractivity contribution >= 4 is 0 Å². The summed E-state index contributed by atoms with van der Waals surface area (Å²) in [5, 5.41) is 4.10. The number of aromatic nitrogens is 2. The highest BCUT2D eigenvalue weighted by atomic mass is 16.5. The van der Waals surface area contributed by atoms with Gasteiger partial charge in [0.2, 0.25) is 11.7 Å². The van der Waals surface area contributed by atoms with Crippen molar-refractivity contribution in [2.75, 3.05) is 20.2 Å². The number of hydrogen-bond donors (Lipinski definition) is 0. The second kappa shape index (κ2) is 8.63. The van der Waals surface area contributed by atoms with E-state index < -0.39 is 0 Å². The standard InChI is InChI=1S/C21H25N3O2/c1-16(2)17-9-11-18(12-10-17)21-22-20(26-23-21)15-24(3)13-14-25-19-7-5-4-6-8-19/h4-12,16H,13-15H2,1-3H3. The van der Waals surface area contributed by atoms with Gasteiger partial charge in [0, 0.05) is 12.1 Å². The predicted octanol–water partition coefficient (Wildman–Crippen LogP) is 4.37. The van der Waals surface area contributed by atoms with Crippen LogP contribution in [0.15, 0.2) is 59.1 Å². The molecule has 0 spiro atoms. The molecule has 1 heterocycles. The summed E-state index contributed by atoms with van der Waals surface area (Å²) in [6.07, 6.45) is 0. The molecule has 0 unspecified atom stereocenters. The van der Waals surface area contributed by atoms with Crippen LogP contribution in [0.4, 0.5) is 0 Å². The smallest absolute Gasteiger partial charge is 0.241 e. The molecule has 5 nitrogen and oxygen atoms in total. The second-order valence-corrected chi connectivity index (χ2v) is 6.69. The van der Waals surface area contributed by atoms with E-state index in [9.17, 15) is 0 Å². The molecule has 0 aliphatic rings. The highest BCUT2D eigenvalue weighted by molar-refractivity contribution is 5.54. The molecule has 0 saturated carbocycles.